The molecule has 0 rings (SSSR count). The van der Waals surface area contributed by atoms with Gasteiger partial charge in [-0.1, -0.05) is 90.9 Å². The summed E-state index contributed by atoms with van der Waals surface area (Å²) in [5, 5.41) is 0. The van der Waals surface area contributed by atoms with E-state index in [9.17, 15) is 0 Å². The average molecular weight is 326 g/mol. The molecule has 0 aromatic carbocycles. The number of hydrogen-bond acceptors (Lipinski definition) is 1. The molecule has 0 N–H and O–H groups in total. The second-order valence-electron chi connectivity index (χ2n) is 8.40. The van der Waals surface area contributed by atoms with Gasteiger partial charge < -0.3 is 0 Å². The van der Waals surface area contributed by atoms with Gasteiger partial charge in [-0.25, -0.2) is 0 Å². The van der Waals surface area contributed by atoms with Gasteiger partial charge in [0.15, 0.2) is 0 Å². The Labute approximate surface area is 148 Å². The fourth-order valence-electron chi connectivity index (χ4n) is 3.30. The van der Waals surface area contributed by atoms with Crippen molar-refractivity contribution in [2.75, 3.05) is 13.1 Å². The molecule has 140 valence electrons. The molecule has 0 saturated carbocycles. The minimum absolute atomic E-state index is 0.338. The molecule has 0 atom stereocenters. The SMILES string of the molecule is CCCCCCCCCN(CCCCCCCCC)C(C)(C)C. The van der Waals surface area contributed by atoms with Crippen molar-refractivity contribution in [2.24, 2.45) is 0 Å². The second kappa shape index (κ2) is 15.5. The van der Waals surface area contributed by atoms with Crippen molar-refractivity contribution in [3.63, 3.8) is 0 Å². The fourth-order valence-corrected chi connectivity index (χ4v) is 3.30. The first-order valence-electron chi connectivity index (χ1n) is 10.8. The lowest BCUT2D eigenvalue weighted by molar-refractivity contribution is 0.130. The van der Waals surface area contributed by atoms with Crippen LogP contribution < -0.4 is 0 Å². The molecule has 1 nitrogen and oxygen atoms in total. The topological polar surface area (TPSA) is 3.24 Å². The van der Waals surface area contributed by atoms with Gasteiger partial charge in [0.1, 0.15) is 0 Å². The largest absolute Gasteiger partial charge is 0.298 e. The maximum absolute atomic E-state index is 2.73. The summed E-state index contributed by atoms with van der Waals surface area (Å²) in [6, 6.07) is 0. The highest BCUT2D eigenvalue weighted by atomic mass is 15.2. The van der Waals surface area contributed by atoms with Crippen molar-refractivity contribution >= 4 is 0 Å². The molecule has 0 aliphatic heterocycles. The van der Waals surface area contributed by atoms with Crippen LogP contribution in [-0.2, 0) is 0 Å². The van der Waals surface area contributed by atoms with Gasteiger partial charge in [0.05, 0.1) is 0 Å². The van der Waals surface area contributed by atoms with Gasteiger partial charge in [0.25, 0.3) is 0 Å². The summed E-state index contributed by atoms with van der Waals surface area (Å²) in [6.07, 6.45) is 19.8. The Kier molecular flexibility index (Phi) is 15.5. The highest BCUT2D eigenvalue weighted by molar-refractivity contribution is 4.76. The number of nitrogens with zero attached hydrogens (tertiary/aromatic N) is 1. The summed E-state index contributed by atoms with van der Waals surface area (Å²) in [5.41, 5.74) is 0.338. The van der Waals surface area contributed by atoms with E-state index in [0.717, 1.165) is 0 Å². The molecule has 0 spiro atoms. The Bertz CT molecular complexity index is 211. The van der Waals surface area contributed by atoms with Gasteiger partial charge in [-0.2, -0.15) is 0 Å². The van der Waals surface area contributed by atoms with Crippen LogP contribution in [0, 0.1) is 0 Å². The molecule has 1 heteroatoms. The maximum atomic E-state index is 2.73. The summed E-state index contributed by atoms with van der Waals surface area (Å²) < 4.78 is 0. The van der Waals surface area contributed by atoms with Crippen LogP contribution in [0.5, 0.6) is 0 Å². The zero-order chi connectivity index (χ0) is 17.4. The summed E-state index contributed by atoms with van der Waals surface area (Å²) in [7, 11) is 0. The minimum atomic E-state index is 0.338. The predicted octanol–water partition coefficient (Wildman–Crippen LogP) is 7.59. The van der Waals surface area contributed by atoms with Crippen LogP contribution in [0.4, 0.5) is 0 Å². The van der Waals surface area contributed by atoms with Gasteiger partial charge >= 0.3 is 0 Å². The molecule has 0 aromatic heterocycles. The third-order valence-electron chi connectivity index (χ3n) is 5.01. The molecular weight excluding hydrogens is 278 g/mol. The van der Waals surface area contributed by atoms with E-state index >= 15 is 0 Å². The maximum Gasteiger partial charge on any atom is 0.0125 e. The van der Waals surface area contributed by atoms with Crippen LogP contribution in [0.25, 0.3) is 0 Å². The Balaban J connectivity index is 3.70. The minimum Gasteiger partial charge on any atom is -0.298 e. The van der Waals surface area contributed by atoms with Crippen LogP contribution in [0.1, 0.15) is 125 Å². The van der Waals surface area contributed by atoms with E-state index in [1.54, 1.807) is 0 Å². The smallest absolute Gasteiger partial charge is 0.0125 e. The fraction of sp³-hybridized carbons (Fsp3) is 1.00. The molecular formula is C22H47N. The Morgan fingerprint density at radius 2 is 0.783 bits per heavy atom. The van der Waals surface area contributed by atoms with Crippen LogP contribution in [-0.4, -0.2) is 23.5 Å². The van der Waals surface area contributed by atoms with E-state index in [1.807, 2.05) is 0 Å². The van der Waals surface area contributed by atoms with Gasteiger partial charge in [0.2, 0.25) is 0 Å². The molecule has 0 saturated heterocycles. The first-order valence-corrected chi connectivity index (χ1v) is 10.8. The first-order chi connectivity index (χ1) is 11.0. The van der Waals surface area contributed by atoms with E-state index in [1.165, 1.54) is 103 Å². The molecule has 0 aromatic rings. The van der Waals surface area contributed by atoms with Gasteiger partial charge in [-0.15, -0.1) is 0 Å². The number of rotatable bonds is 16. The Morgan fingerprint density at radius 3 is 1.09 bits per heavy atom. The molecule has 23 heavy (non-hydrogen) atoms. The van der Waals surface area contributed by atoms with Crippen molar-refractivity contribution in [3.05, 3.63) is 0 Å². The van der Waals surface area contributed by atoms with Crippen molar-refractivity contribution in [1.82, 2.24) is 4.90 Å². The Hall–Kier alpha value is -0.0400. The van der Waals surface area contributed by atoms with E-state index in [-0.39, 0.29) is 0 Å². The standard InChI is InChI=1S/C22H47N/c1-6-8-10-12-14-16-18-20-23(22(3,4)5)21-19-17-15-13-11-9-7-2/h6-21H2,1-5H3. The van der Waals surface area contributed by atoms with Crippen molar-refractivity contribution in [3.8, 4) is 0 Å². The lowest BCUT2D eigenvalue weighted by atomic mass is 10.0. The highest BCUT2D eigenvalue weighted by Crippen LogP contribution is 2.17. The van der Waals surface area contributed by atoms with Crippen LogP contribution in [0.2, 0.25) is 0 Å². The van der Waals surface area contributed by atoms with E-state index in [2.05, 4.69) is 39.5 Å². The molecule has 0 amide bonds. The van der Waals surface area contributed by atoms with Crippen molar-refractivity contribution < 1.29 is 0 Å². The number of unbranched alkanes of at least 4 members (excludes halogenated alkanes) is 12. The molecule has 0 radical (unpaired) electrons. The van der Waals surface area contributed by atoms with Gasteiger partial charge in [-0.3, -0.25) is 4.90 Å². The molecule has 0 unspecified atom stereocenters. The summed E-state index contributed by atoms with van der Waals surface area (Å²) in [6.45, 7) is 14.3. The second-order valence-corrected chi connectivity index (χ2v) is 8.40. The van der Waals surface area contributed by atoms with Gasteiger partial charge in [-0.05, 0) is 46.7 Å². The Morgan fingerprint density at radius 1 is 0.478 bits per heavy atom. The number of hydrogen-bond donors (Lipinski definition) is 0. The monoisotopic (exact) mass is 325 g/mol. The normalized spacial score (nSPS) is 12.3. The van der Waals surface area contributed by atoms with Crippen LogP contribution in [0.15, 0.2) is 0 Å². The predicted molar refractivity (Wildman–Crippen MR) is 107 cm³/mol. The zero-order valence-electron chi connectivity index (χ0n) is 17.3. The molecule has 0 bridgehead atoms. The summed E-state index contributed by atoms with van der Waals surface area (Å²) in [4.78, 5) is 2.73. The lowest BCUT2D eigenvalue weighted by Gasteiger charge is -2.36. The van der Waals surface area contributed by atoms with Crippen molar-refractivity contribution in [1.29, 1.82) is 0 Å². The lowest BCUT2D eigenvalue weighted by Crippen LogP contribution is -2.42. The highest BCUT2D eigenvalue weighted by Gasteiger charge is 2.19. The molecule has 0 aliphatic rings. The van der Waals surface area contributed by atoms with Crippen molar-refractivity contribution in [2.45, 2.75) is 130 Å². The average Bonchev–Trinajstić information content (AvgIpc) is 2.50. The first kappa shape index (κ1) is 23.0. The third kappa shape index (κ3) is 15.2. The molecule has 0 aliphatic carbocycles. The van der Waals surface area contributed by atoms with E-state index < -0.39 is 0 Å². The zero-order valence-corrected chi connectivity index (χ0v) is 17.3. The summed E-state index contributed by atoms with van der Waals surface area (Å²) in [5.74, 6) is 0. The molecule has 0 heterocycles. The van der Waals surface area contributed by atoms with Crippen LogP contribution in [0.3, 0.4) is 0 Å². The van der Waals surface area contributed by atoms with E-state index in [0.29, 0.717) is 5.54 Å². The van der Waals surface area contributed by atoms with E-state index in [4.69, 9.17) is 0 Å². The summed E-state index contributed by atoms with van der Waals surface area (Å²) >= 11 is 0. The third-order valence-corrected chi connectivity index (χ3v) is 5.01. The van der Waals surface area contributed by atoms with Gasteiger partial charge in [0, 0.05) is 5.54 Å². The quantitative estimate of drug-likeness (QED) is 0.264. The van der Waals surface area contributed by atoms with Crippen LogP contribution >= 0.6 is 0 Å². The molecule has 0 fully saturated rings.